The summed E-state index contributed by atoms with van der Waals surface area (Å²) < 4.78 is 117. The molecule has 0 saturated heterocycles. The number of furan rings is 1. The monoisotopic (exact) mass is 497 g/mol. The predicted molar refractivity (Wildman–Crippen MR) is 101 cm³/mol. The van der Waals surface area contributed by atoms with Crippen LogP contribution in [0.2, 0.25) is 0 Å². The van der Waals surface area contributed by atoms with Gasteiger partial charge in [0.1, 0.15) is 17.1 Å². The molecule has 1 amide bonds. The Morgan fingerprint density at radius 1 is 1.06 bits per heavy atom. The Balaban J connectivity index is 2.16. The van der Waals surface area contributed by atoms with Gasteiger partial charge in [-0.25, -0.2) is 4.98 Å². The third-order valence-electron chi connectivity index (χ3n) is 4.25. The molecule has 0 atom stereocenters. The molecule has 2 heterocycles. The Labute approximate surface area is 183 Å². The number of nitrogens with one attached hydrogen (secondary N) is 1. The van der Waals surface area contributed by atoms with Gasteiger partial charge in [-0.05, 0) is 42.2 Å². The van der Waals surface area contributed by atoms with Gasteiger partial charge >= 0.3 is 12.4 Å². The van der Waals surface area contributed by atoms with E-state index >= 15 is 0 Å². The van der Waals surface area contributed by atoms with E-state index in [1.165, 1.54) is 0 Å². The average Bonchev–Trinajstić information content (AvgIpc) is 3.38. The van der Waals surface area contributed by atoms with E-state index in [0.717, 1.165) is 25.5 Å². The maximum Gasteiger partial charge on any atom is 0.419 e. The summed E-state index contributed by atoms with van der Waals surface area (Å²) in [5.41, 5.74) is -6.96. The summed E-state index contributed by atoms with van der Waals surface area (Å²) in [5, 5.41) is 1.26. The van der Waals surface area contributed by atoms with Gasteiger partial charge in [-0.1, -0.05) is 0 Å². The molecule has 0 aliphatic carbocycles. The molecular weight excluding hydrogens is 486 g/mol. The first-order valence-corrected chi connectivity index (χ1v) is 9.55. The number of anilines is 1. The predicted octanol–water partition coefficient (Wildman–Crippen LogP) is 6.80. The summed E-state index contributed by atoms with van der Waals surface area (Å²) in [5.74, 6) is -1.40. The minimum Gasteiger partial charge on any atom is -0.472 e. The molecule has 1 aromatic carbocycles. The Morgan fingerprint density at radius 2 is 1.73 bits per heavy atom. The molecule has 0 aliphatic heterocycles. The number of hydrogen-bond donors (Lipinski definition) is 1. The molecule has 176 valence electrons. The van der Waals surface area contributed by atoms with Gasteiger partial charge in [-0.15, -0.1) is 0 Å². The molecule has 3 aromatic rings. The fraction of sp³-hybridized carbons (Fsp3) is 0.211. The van der Waals surface area contributed by atoms with Crippen LogP contribution in [0.3, 0.4) is 0 Å². The van der Waals surface area contributed by atoms with Crippen molar-refractivity contribution in [1.82, 2.24) is 9.36 Å². The highest BCUT2D eigenvalue weighted by atomic mass is 32.1. The summed E-state index contributed by atoms with van der Waals surface area (Å²) in [6.45, 7) is 1.05. The number of carbonyl (C=O) groups excluding carboxylic acids is 1. The average molecular weight is 497 g/mol. The number of benzene rings is 1. The van der Waals surface area contributed by atoms with Crippen LogP contribution >= 0.6 is 11.5 Å². The van der Waals surface area contributed by atoms with Crippen molar-refractivity contribution in [2.75, 3.05) is 5.32 Å². The van der Waals surface area contributed by atoms with Crippen LogP contribution in [0.15, 0.2) is 46.8 Å². The molecule has 5 nitrogen and oxygen atoms in total. The lowest BCUT2D eigenvalue weighted by Gasteiger charge is -2.21. The minimum atomic E-state index is -5.52. The molecule has 2 aromatic heterocycles. The standard InChI is InChI=1S/C19H11F8N3O2S/c1-8(15(20)21)6-12-29-17(33-30-12)10-2-3-11(28-16(31)9-4-5-32-7-9)14(19(25,26)27)13(10)18(22,23)24/h2-5,7H,6H2,1H3,(H,28,31). The van der Waals surface area contributed by atoms with Gasteiger partial charge in [0.25, 0.3) is 12.0 Å². The van der Waals surface area contributed by atoms with Crippen LogP contribution in [0.5, 0.6) is 0 Å². The molecule has 0 spiro atoms. The number of nitrogens with zero attached hydrogens (tertiary/aromatic N) is 2. The number of allylic oxidation sites excluding steroid dienone is 1. The third kappa shape index (κ3) is 5.38. The zero-order chi connectivity index (χ0) is 24.6. The van der Waals surface area contributed by atoms with Gasteiger partial charge in [0, 0.05) is 12.0 Å². The van der Waals surface area contributed by atoms with Crippen molar-refractivity contribution >= 4 is 23.1 Å². The number of amides is 1. The molecule has 0 aliphatic rings. The Bertz CT molecular complexity index is 1190. The third-order valence-corrected chi connectivity index (χ3v) is 5.03. The second-order valence-corrected chi connectivity index (χ2v) is 7.36. The van der Waals surface area contributed by atoms with E-state index < -0.39 is 63.7 Å². The normalized spacial score (nSPS) is 12.0. The molecule has 14 heteroatoms. The number of rotatable bonds is 5. The van der Waals surface area contributed by atoms with E-state index in [9.17, 15) is 39.9 Å². The maximum absolute atomic E-state index is 13.9. The van der Waals surface area contributed by atoms with Crippen LogP contribution in [0.4, 0.5) is 40.8 Å². The van der Waals surface area contributed by atoms with Crippen molar-refractivity contribution in [3.63, 3.8) is 0 Å². The number of alkyl halides is 6. The van der Waals surface area contributed by atoms with Crippen LogP contribution in [0, 0.1) is 0 Å². The highest BCUT2D eigenvalue weighted by molar-refractivity contribution is 7.09. The quantitative estimate of drug-likeness (QED) is 0.394. The van der Waals surface area contributed by atoms with E-state index in [1.54, 1.807) is 0 Å². The second-order valence-electron chi connectivity index (χ2n) is 6.61. The smallest absolute Gasteiger partial charge is 0.419 e. The van der Waals surface area contributed by atoms with Crippen molar-refractivity contribution in [1.29, 1.82) is 0 Å². The molecule has 0 saturated carbocycles. The molecule has 33 heavy (non-hydrogen) atoms. The molecule has 0 radical (unpaired) electrons. The summed E-state index contributed by atoms with van der Waals surface area (Å²) >= 11 is 0.328. The number of aromatic nitrogens is 2. The summed E-state index contributed by atoms with van der Waals surface area (Å²) in [6.07, 6.45) is -11.6. The van der Waals surface area contributed by atoms with Crippen molar-refractivity contribution in [3.8, 4) is 10.6 Å². The number of carbonyl (C=O) groups is 1. The first-order valence-electron chi connectivity index (χ1n) is 8.77. The lowest BCUT2D eigenvalue weighted by atomic mass is 9.97. The van der Waals surface area contributed by atoms with E-state index in [4.69, 9.17) is 0 Å². The van der Waals surface area contributed by atoms with Crippen LogP contribution in [-0.4, -0.2) is 15.3 Å². The van der Waals surface area contributed by atoms with Gasteiger partial charge in [0.2, 0.25) is 0 Å². The van der Waals surface area contributed by atoms with Gasteiger partial charge in [0.15, 0.2) is 0 Å². The molecule has 0 bridgehead atoms. The van der Waals surface area contributed by atoms with Crippen LogP contribution in [-0.2, 0) is 18.8 Å². The molecular formula is C19H11F8N3O2S. The number of halogens is 8. The first-order chi connectivity index (χ1) is 15.3. The lowest BCUT2D eigenvalue weighted by molar-refractivity contribution is -0.161. The molecule has 1 N–H and O–H groups in total. The van der Waals surface area contributed by atoms with Gasteiger partial charge in [0.05, 0.1) is 28.6 Å². The molecule has 0 unspecified atom stereocenters. The van der Waals surface area contributed by atoms with E-state index in [-0.39, 0.29) is 11.4 Å². The van der Waals surface area contributed by atoms with Crippen LogP contribution in [0.1, 0.15) is 34.2 Å². The van der Waals surface area contributed by atoms with Crippen molar-refractivity contribution in [2.45, 2.75) is 25.7 Å². The highest BCUT2D eigenvalue weighted by Crippen LogP contribution is 2.48. The largest absolute Gasteiger partial charge is 0.472 e. The fourth-order valence-corrected chi connectivity index (χ4v) is 3.51. The maximum atomic E-state index is 13.9. The Morgan fingerprint density at radius 3 is 2.27 bits per heavy atom. The van der Waals surface area contributed by atoms with Crippen molar-refractivity contribution < 1.29 is 44.3 Å². The summed E-state index contributed by atoms with van der Waals surface area (Å²) in [6, 6.07) is 2.46. The van der Waals surface area contributed by atoms with Crippen molar-refractivity contribution in [2.24, 2.45) is 0 Å². The Kier molecular flexibility index (Phi) is 6.58. The molecule has 0 fully saturated rings. The molecule has 3 rings (SSSR count). The van der Waals surface area contributed by atoms with Gasteiger partial charge in [-0.3, -0.25) is 4.79 Å². The second kappa shape index (κ2) is 8.92. The van der Waals surface area contributed by atoms with Gasteiger partial charge < -0.3 is 9.73 Å². The first kappa shape index (κ1) is 24.4. The SMILES string of the molecule is CC(Cc1nsc(-c2ccc(NC(=O)c3ccoc3)c(C(F)(F)F)c2C(F)(F)F)n1)=C(F)F. The Hall–Kier alpha value is -3.29. The van der Waals surface area contributed by atoms with E-state index in [2.05, 4.69) is 13.8 Å². The summed E-state index contributed by atoms with van der Waals surface area (Å²) in [4.78, 5) is 15.8. The van der Waals surface area contributed by atoms with Crippen molar-refractivity contribution in [3.05, 3.63) is 64.9 Å². The zero-order valence-corrected chi connectivity index (χ0v) is 17.1. The number of hydrogen-bond acceptors (Lipinski definition) is 5. The topological polar surface area (TPSA) is 68.0 Å². The fourth-order valence-electron chi connectivity index (χ4n) is 2.80. The highest BCUT2D eigenvalue weighted by Gasteiger charge is 2.47. The van der Waals surface area contributed by atoms with Crippen LogP contribution < -0.4 is 5.32 Å². The van der Waals surface area contributed by atoms with E-state index in [0.29, 0.717) is 23.7 Å². The summed E-state index contributed by atoms with van der Waals surface area (Å²) in [7, 11) is 0. The minimum absolute atomic E-state index is 0.210. The lowest BCUT2D eigenvalue weighted by Crippen LogP contribution is -2.22. The zero-order valence-electron chi connectivity index (χ0n) is 16.2. The van der Waals surface area contributed by atoms with Gasteiger partial charge in [-0.2, -0.15) is 39.5 Å². The van der Waals surface area contributed by atoms with E-state index in [1.807, 2.05) is 5.32 Å². The van der Waals surface area contributed by atoms with Crippen LogP contribution in [0.25, 0.3) is 10.6 Å².